The summed E-state index contributed by atoms with van der Waals surface area (Å²) >= 11 is 0. The number of nitrogens with zero attached hydrogens (tertiary/aromatic N) is 2. The van der Waals surface area contributed by atoms with Crippen molar-refractivity contribution in [2.75, 3.05) is 13.1 Å². The van der Waals surface area contributed by atoms with Gasteiger partial charge in [-0.05, 0) is 36.8 Å². The Morgan fingerprint density at radius 3 is 2.59 bits per heavy atom. The lowest BCUT2D eigenvalue weighted by Crippen LogP contribution is -2.38. The highest BCUT2D eigenvalue weighted by atomic mass is 16.3. The van der Waals surface area contributed by atoms with Crippen LogP contribution in [0.15, 0.2) is 48.8 Å². The van der Waals surface area contributed by atoms with E-state index in [2.05, 4.69) is 29.2 Å². The predicted octanol–water partition coefficient (Wildman–Crippen LogP) is 2.88. The Morgan fingerprint density at radius 2 is 1.91 bits per heavy atom. The van der Waals surface area contributed by atoms with E-state index in [0.29, 0.717) is 11.5 Å². The fraction of sp³-hybridized carbons (Fsp3) is 0.333. The van der Waals surface area contributed by atoms with Crippen LogP contribution in [-0.4, -0.2) is 34.0 Å². The van der Waals surface area contributed by atoms with Crippen LogP contribution in [0.2, 0.25) is 0 Å². The molecule has 1 aromatic carbocycles. The van der Waals surface area contributed by atoms with Crippen LogP contribution >= 0.6 is 0 Å². The molecule has 2 heterocycles. The average molecular weight is 296 g/mol. The first-order chi connectivity index (χ1) is 10.7. The SMILES string of the molecule is O=C(c1ccncc1O)N1CCC(Cc2ccccc2)CC1. The first kappa shape index (κ1) is 14.6. The molecule has 2 aromatic rings. The Bertz CT molecular complexity index is 635. The Balaban J connectivity index is 1.58. The number of piperidine rings is 1. The quantitative estimate of drug-likeness (QED) is 0.947. The molecule has 22 heavy (non-hydrogen) atoms. The molecule has 0 atom stereocenters. The van der Waals surface area contributed by atoms with Gasteiger partial charge in [0.05, 0.1) is 11.8 Å². The van der Waals surface area contributed by atoms with Gasteiger partial charge in [0.1, 0.15) is 5.75 Å². The Kier molecular flexibility index (Phi) is 4.37. The van der Waals surface area contributed by atoms with Gasteiger partial charge < -0.3 is 10.0 Å². The first-order valence-electron chi connectivity index (χ1n) is 7.70. The normalized spacial score (nSPS) is 15.7. The summed E-state index contributed by atoms with van der Waals surface area (Å²) in [5.41, 5.74) is 1.70. The lowest BCUT2D eigenvalue weighted by Gasteiger charge is -2.32. The number of carbonyl (C=O) groups is 1. The van der Waals surface area contributed by atoms with E-state index < -0.39 is 0 Å². The summed E-state index contributed by atoms with van der Waals surface area (Å²) in [4.78, 5) is 18.1. The lowest BCUT2D eigenvalue weighted by atomic mass is 9.90. The Labute approximate surface area is 130 Å². The molecule has 0 radical (unpaired) electrons. The van der Waals surface area contributed by atoms with Crippen LogP contribution in [0.4, 0.5) is 0 Å². The summed E-state index contributed by atoms with van der Waals surface area (Å²) in [6.45, 7) is 1.50. The molecular weight excluding hydrogens is 276 g/mol. The largest absolute Gasteiger partial charge is 0.505 e. The number of hydrogen-bond acceptors (Lipinski definition) is 3. The third-order valence-corrected chi connectivity index (χ3v) is 4.30. The number of aromatic nitrogens is 1. The summed E-state index contributed by atoms with van der Waals surface area (Å²) in [5.74, 6) is 0.481. The fourth-order valence-corrected chi connectivity index (χ4v) is 3.02. The smallest absolute Gasteiger partial charge is 0.257 e. The maximum absolute atomic E-state index is 12.4. The van der Waals surface area contributed by atoms with Gasteiger partial charge >= 0.3 is 0 Å². The van der Waals surface area contributed by atoms with Crippen LogP contribution in [0.3, 0.4) is 0 Å². The summed E-state index contributed by atoms with van der Waals surface area (Å²) in [6.07, 6.45) is 5.94. The molecule has 1 saturated heterocycles. The van der Waals surface area contributed by atoms with Crippen LogP contribution < -0.4 is 0 Å². The van der Waals surface area contributed by atoms with Crippen molar-refractivity contribution >= 4 is 5.91 Å². The van der Waals surface area contributed by atoms with E-state index in [1.165, 1.54) is 18.0 Å². The fourth-order valence-electron chi connectivity index (χ4n) is 3.02. The number of rotatable bonds is 3. The van der Waals surface area contributed by atoms with Crippen LogP contribution in [0.1, 0.15) is 28.8 Å². The van der Waals surface area contributed by atoms with Crippen LogP contribution in [0, 0.1) is 5.92 Å². The molecule has 1 aliphatic rings. The second kappa shape index (κ2) is 6.60. The minimum Gasteiger partial charge on any atom is -0.505 e. The molecule has 3 rings (SSSR count). The molecule has 1 amide bonds. The molecule has 0 bridgehead atoms. The summed E-state index contributed by atoms with van der Waals surface area (Å²) in [6, 6.07) is 12.1. The standard InChI is InChI=1S/C18H20N2O2/c21-17-13-19-9-6-16(17)18(22)20-10-7-15(8-11-20)12-14-4-2-1-3-5-14/h1-6,9,13,15,21H,7-8,10-12H2. The van der Waals surface area contributed by atoms with E-state index in [9.17, 15) is 9.90 Å². The molecule has 4 heteroatoms. The van der Waals surface area contributed by atoms with Gasteiger partial charge in [0.2, 0.25) is 0 Å². The van der Waals surface area contributed by atoms with Crippen LogP contribution in [-0.2, 0) is 6.42 Å². The van der Waals surface area contributed by atoms with Gasteiger partial charge in [-0.15, -0.1) is 0 Å². The maximum atomic E-state index is 12.4. The van der Waals surface area contributed by atoms with Gasteiger partial charge in [0.25, 0.3) is 5.91 Å². The number of hydrogen-bond donors (Lipinski definition) is 1. The minimum absolute atomic E-state index is 0.0427. The highest BCUT2D eigenvalue weighted by molar-refractivity contribution is 5.96. The number of likely N-dealkylation sites (tertiary alicyclic amines) is 1. The van der Waals surface area contributed by atoms with Gasteiger partial charge in [-0.2, -0.15) is 0 Å². The van der Waals surface area contributed by atoms with Crippen LogP contribution in [0.25, 0.3) is 0 Å². The van der Waals surface area contributed by atoms with Crippen molar-refractivity contribution in [2.45, 2.75) is 19.3 Å². The van der Waals surface area contributed by atoms with E-state index in [0.717, 1.165) is 32.4 Å². The number of benzene rings is 1. The molecule has 1 aliphatic heterocycles. The molecule has 4 nitrogen and oxygen atoms in total. The second-order valence-corrected chi connectivity index (χ2v) is 5.82. The molecule has 1 N–H and O–H groups in total. The molecule has 114 valence electrons. The van der Waals surface area contributed by atoms with Crippen molar-refractivity contribution in [1.29, 1.82) is 0 Å². The van der Waals surface area contributed by atoms with Crippen molar-refractivity contribution in [2.24, 2.45) is 5.92 Å². The number of aromatic hydroxyl groups is 1. The van der Waals surface area contributed by atoms with Crippen molar-refractivity contribution in [3.05, 3.63) is 59.9 Å². The third-order valence-electron chi connectivity index (χ3n) is 4.30. The zero-order valence-electron chi connectivity index (χ0n) is 12.5. The summed E-state index contributed by atoms with van der Waals surface area (Å²) < 4.78 is 0. The molecule has 1 fully saturated rings. The molecule has 0 spiro atoms. The zero-order valence-corrected chi connectivity index (χ0v) is 12.5. The lowest BCUT2D eigenvalue weighted by molar-refractivity contribution is 0.0687. The Hall–Kier alpha value is -2.36. The van der Waals surface area contributed by atoms with Crippen LogP contribution in [0.5, 0.6) is 5.75 Å². The van der Waals surface area contributed by atoms with E-state index >= 15 is 0 Å². The highest BCUT2D eigenvalue weighted by Gasteiger charge is 2.25. The number of amides is 1. The maximum Gasteiger partial charge on any atom is 0.257 e. The predicted molar refractivity (Wildman–Crippen MR) is 84.7 cm³/mol. The van der Waals surface area contributed by atoms with Crippen molar-refractivity contribution in [3.8, 4) is 5.75 Å². The minimum atomic E-state index is -0.0990. The van der Waals surface area contributed by atoms with Gasteiger partial charge in [-0.1, -0.05) is 30.3 Å². The first-order valence-corrected chi connectivity index (χ1v) is 7.70. The van der Waals surface area contributed by atoms with Crippen molar-refractivity contribution in [3.63, 3.8) is 0 Å². The topological polar surface area (TPSA) is 53.4 Å². The van der Waals surface area contributed by atoms with Gasteiger partial charge in [-0.3, -0.25) is 9.78 Å². The molecule has 0 aliphatic carbocycles. The van der Waals surface area contributed by atoms with E-state index in [4.69, 9.17) is 0 Å². The van der Waals surface area contributed by atoms with Gasteiger partial charge in [0.15, 0.2) is 0 Å². The van der Waals surface area contributed by atoms with E-state index in [1.807, 2.05) is 11.0 Å². The van der Waals surface area contributed by atoms with Gasteiger partial charge in [-0.25, -0.2) is 0 Å². The van der Waals surface area contributed by atoms with Gasteiger partial charge in [0, 0.05) is 19.3 Å². The summed E-state index contributed by atoms with van der Waals surface area (Å²) in [7, 11) is 0. The average Bonchev–Trinajstić information content (AvgIpc) is 2.56. The summed E-state index contributed by atoms with van der Waals surface area (Å²) in [5, 5.41) is 9.75. The third kappa shape index (κ3) is 3.27. The van der Waals surface area contributed by atoms with E-state index in [1.54, 1.807) is 6.07 Å². The monoisotopic (exact) mass is 296 g/mol. The number of carbonyl (C=O) groups excluding carboxylic acids is 1. The second-order valence-electron chi connectivity index (χ2n) is 5.82. The van der Waals surface area contributed by atoms with E-state index in [-0.39, 0.29) is 11.7 Å². The van der Waals surface area contributed by atoms with Crippen molar-refractivity contribution < 1.29 is 9.90 Å². The molecule has 0 unspecified atom stereocenters. The molecular formula is C18H20N2O2. The van der Waals surface area contributed by atoms with Crippen molar-refractivity contribution in [1.82, 2.24) is 9.88 Å². The number of pyridine rings is 1. The Morgan fingerprint density at radius 1 is 1.18 bits per heavy atom. The molecule has 0 saturated carbocycles. The highest BCUT2D eigenvalue weighted by Crippen LogP contribution is 2.24. The zero-order chi connectivity index (χ0) is 15.4. The molecule has 1 aromatic heterocycles.